The van der Waals surface area contributed by atoms with Crippen LogP contribution in [0.2, 0.25) is 0 Å². The summed E-state index contributed by atoms with van der Waals surface area (Å²) in [5.74, 6) is -0.615. The van der Waals surface area contributed by atoms with Gasteiger partial charge in [0.1, 0.15) is 5.82 Å². The maximum Gasteiger partial charge on any atom is 0.257 e. The zero-order valence-corrected chi connectivity index (χ0v) is 14.9. The summed E-state index contributed by atoms with van der Waals surface area (Å²) < 4.78 is 15.1. The van der Waals surface area contributed by atoms with Gasteiger partial charge in [0.05, 0.1) is 5.56 Å². The Labute approximate surface area is 153 Å². The highest BCUT2D eigenvalue weighted by Gasteiger charge is 2.32. The van der Waals surface area contributed by atoms with Gasteiger partial charge >= 0.3 is 0 Å². The molecule has 0 radical (unpaired) electrons. The zero-order valence-electron chi connectivity index (χ0n) is 14.9. The summed E-state index contributed by atoms with van der Waals surface area (Å²) in [5, 5.41) is 0. The molecule has 26 heavy (non-hydrogen) atoms. The van der Waals surface area contributed by atoms with Crippen molar-refractivity contribution < 1.29 is 9.18 Å². The predicted octanol–water partition coefficient (Wildman–Crippen LogP) is 3.59. The number of rotatable bonds is 4. The molecule has 2 aromatic rings. The number of pyridine rings is 1. The molecule has 3 heterocycles. The van der Waals surface area contributed by atoms with E-state index in [1.165, 1.54) is 12.8 Å². The number of hydrogen-bond acceptors (Lipinski definition) is 3. The molecule has 0 N–H and O–H groups in total. The molecule has 2 aliphatic heterocycles. The van der Waals surface area contributed by atoms with Crippen LogP contribution in [0.5, 0.6) is 0 Å². The van der Waals surface area contributed by atoms with Crippen molar-refractivity contribution in [3.8, 4) is 11.1 Å². The molecule has 0 saturated carbocycles. The number of nitrogens with zero attached hydrogens (tertiary/aromatic N) is 3. The standard InChI is InChI=1S/C21H24FN3O/c22-20-18(16-8-10-23-11-9-16)6-3-7-19(20)21(26)25-14-4-5-17(25)15-24-12-1-2-13-24/h3,6-11,17H,1-2,4-5,12-15H2/t17-/m0/s1. The lowest BCUT2D eigenvalue weighted by Gasteiger charge is -2.29. The van der Waals surface area contributed by atoms with Crippen LogP contribution in [0.25, 0.3) is 11.1 Å². The topological polar surface area (TPSA) is 36.4 Å². The molecule has 136 valence electrons. The number of likely N-dealkylation sites (tertiary alicyclic amines) is 2. The summed E-state index contributed by atoms with van der Waals surface area (Å²) in [7, 11) is 0. The van der Waals surface area contributed by atoms with E-state index >= 15 is 4.39 Å². The third kappa shape index (κ3) is 3.36. The molecule has 4 rings (SSSR count). The zero-order chi connectivity index (χ0) is 17.9. The van der Waals surface area contributed by atoms with Crippen LogP contribution < -0.4 is 0 Å². The van der Waals surface area contributed by atoms with E-state index in [0.717, 1.165) is 44.6 Å². The minimum absolute atomic E-state index is 0.174. The molecule has 2 saturated heterocycles. The monoisotopic (exact) mass is 353 g/mol. The highest BCUT2D eigenvalue weighted by atomic mass is 19.1. The van der Waals surface area contributed by atoms with Crippen molar-refractivity contribution >= 4 is 5.91 Å². The average molecular weight is 353 g/mol. The average Bonchev–Trinajstić information content (AvgIpc) is 3.34. The number of hydrogen-bond donors (Lipinski definition) is 0. The third-order valence-corrected chi connectivity index (χ3v) is 5.53. The number of carbonyl (C=O) groups is 1. The van der Waals surface area contributed by atoms with E-state index in [0.29, 0.717) is 5.56 Å². The maximum atomic E-state index is 15.1. The van der Waals surface area contributed by atoms with E-state index < -0.39 is 5.82 Å². The van der Waals surface area contributed by atoms with Gasteiger partial charge in [-0.15, -0.1) is 0 Å². The van der Waals surface area contributed by atoms with Crippen molar-refractivity contribution in [2.45, 2.75) is 31.7 Å². The number of carbonyl (C=O) groups excluding carboxylic acids is 1. The Morgan fingerprint density at radius 1 is 1.08 bits per heavy atom. The predicted molar refractivity (Wildman–Crippen MR) is 99.4 cm³/mol. The van der Waals surface area contributed by atoms with Crippen LogP contribution in [-0.4, -0.2) is 52.9 Å². The maximum absolute atomic E-state index is 15.1. The van der Waals surface area contributed by atoms with E-state index in [9.17, 15) is 4.79 Å². The fraction of sp³-hybridized carbons (Fsp3) is 0.429. The van der Waals surface area contributed by atoms with Gasteiger partial charge in [0, 0.05) is 37.1 Å². The van der Waals surface area contributed by atoms with Crippen LogP contribution in [0.1, 0.15) is 36.0 Å². The van der Waals surface area contributed by atoms with Crippen LogP contribution in [0, 0.1) is 5.82 Å². The molecule has 0 aliphatic carbocycles. The van der Waals surface area contributed by atoms with E-state index in [4.69, 9.17) is 0 Å². The molecule has 1 aromatic carbocycles. The highest BCUT2D eigenvalue weighted by molar-refractivity contribution is 5.96. The quantitative estimate of drug-likeness (QED) is 0.843. The molecule has 4 nitrogen and oxygen atoms in total. The fourth-order valence-electron chi connectivity index (χ4n) is 4.16. The van der Waals surface area contributed by atoms with Gasteiger partial charge in [0.15, 0.2) is 0 Å². The Morgan fingerprint density at radius 3 is 2.62 bits per heavy atom. The highest BCUT2D eigenvalue weighted by Crippen LogP contribution is 2.28. The lowest BCUT2D eigenvalue weighted by molar-refractivity contribution is 0.0704. The molecule has 0 bridgehead atoms. The van der Waals surface area contributed by atoms with Gasteiger partial charge < -0.3 is 9.80 Å². The molecule has 5 heteroatoms. The molecule has 2 aliphatic rings. The number of aromatic nitrogens is 1. The Balaban J connectivity index is 1.57. The van der Waals surface area contributed by atoms with Crippen LogP contribution in [0.15, 0.2) is 42.7 Å². The Bertz CT molecular complexity index is 774. The first-order chi connectivity index (χ1) is 12.7. The summed E-state index contributed by atoms with van der Waals surface area (Å²) in [4.78, 5) is 21.4. The second-order valence-corrected chi connectivity index (χ2v) is 7.21. The molecule has 0 unspecified atom stereocenters. The molecule has 2 fully saturated rings. The third-order valence-electron chi connectivity index (χ3n) is 5.53. The van der Waals surface area contributed by atoms with Crippen molar-refractivity contribution in [3.63, 3.8) is 0 Å². The molecular weight excluding hydrogens is 329 g/mol. The van der Waals surface area contributed by atoms with E-state index in [2.05, 4.69) is 9.88 Å². The van der Waals surface area contributed by atoms with Crippen LogP contribution in [0.3, 0.4) is 0 Å². The molecule has 1 aromatic heterocycles. The van der Waals surface area contributed by atoms with Crippen molar-refractivity contribution in [2.75, 3.05) is 26.2 Å². The van der Waals surface area contributed by atoms with Gasteiger partial charge in [0.2, 0.25) is 0 Å². The van der Waals surface area contributed by atoms with Crippen molar-refractivity contribution in [1.82, 2.24) is 14.8 Å². The molecule has 1 atom stereocenters. The number of halogens is 1. The largest absolute Gasteiger partial charge is 0.334 e. The van der Waals surface area contributed by atoms with Gasteiger partial charge in [-0.05, 0) is 62.5 Å². The lowest BCUT2D eigenvalue weighted by Crippen LogP contribution is -2.42. The molecule has 0 spiro atoms. The van der Waals surface area contributed by atoms with E-state index in [1.54, 1.807) is 42.7 Å². The normalized spacial score (nSPS) is 20.7. The second-order valence-electron chi connectivity index (χ2n) is 7.21. The smallest absolute Gasteiger partial charge is 0.257 e. The molecule has 1 amide bonds. The van der Waals surface area contributed by atoms with Crippen molar-refractivity contribution in [3.05, 3.63) is 54.1 Å². The van der Waals surface area contributed by atoms with Crippen LogP contribution in [-0.2, 0) is 0 Å². The second kappa shape index (κ2) is 7.54. The first-order valence-corrected chi connectivity index (χ1v) is 9.46. The number of benzene rings is 1. The van der Waals surface area contributed by atoms with Gasteiger partial charge in [-0.3, -0.25) is 9.78 Å². The Hall–Kier alpha value is -2.27. The first-order valence-electron chi connectivity index (χ1n) is 9.46. The van der Waals surface area contributed by atoms with Crippen molar-refractivity contribution in [2.24, 2.45) is 0 Å². The fourth-order valence-corrected chi connectivity index (χ4v) is 4.16. The van der Waals surface area contributed by atoms with Gasteiger partial charge in [-0.2, -0.15) is 0 Å². The molecular formula is C21H24FN3O. The van der Waals surface area contributed by atoms with Crippen LogP contribution in [0.4, 0.5) is 4.39 Å². The van der Waals surface area contributed by atoms with E-state index in [1.807, 2.05) is 4.90 Å². The summed E-state index contributed by atoms with van der Waals surface area (Å²) in [6, 6.07) is 8.81. The van der Waals surface area contributed by atoms with Gasteiger partial charge in [0.25, 0.3) is 5.91 Å². The summed E-state index contributed by atoms with van der Waals surface area (Å²) in [6.45, 7) is 3.86. The minimum Gasteiger partial charge on any atom is -0.334 e. The Morgan fingerprint density at radius 2 is 1.85 bits per heavy atom. The summed E-state index contributed by atoms with van der Waals surface area (Å²) in [6.07, 6.45) is 7.75. The SMILES string of the molecule is O=C(c1cccc(-c2ccncc2)c1F)N1CCC[C@H]1CN1CCCC1. The van der Waals surface area contributed by atoms with Gasteiger partial charge in [-0.1, -0.05) is 12.1 Å². The Kier molecular flexibility index (Phi) is 4.98. The van der Waals surface area contributed by atoms with Crippen molar-refractivity contribution in [1.29, 1.82) is 0 Å². The summed E-state index contributed by atoms with van der Waals surface area (Å²) >= 11 is 0. The summed E-state index contributed by atoms with van der Waals surface area (Å²) in [5.41, 5.74) is 1.36. The number of amides is 1. The first kappa shape index (κ1) is 17.2. The van der Waals surface area contributed by atoms with Gasteiger partial charge in [-0.25, -0.2) is 4.39 Å². The van der Waals surface area contributed by atoms with Crippen LogP contribution >= 0.6 is 0 Å². The lowest BCUT2D eigenvalue weighted by atomic mass is 10.0. The van der Waals surface area contributed by atoms with E-state index in [-0.39, 0.29) is 17.5 Å². The minimum atomic E-state index is -0.435.